The van der Waals surface area contributed by atoms with E-state index in [0.29, 0.717) is 80.9 Å². The second-order valence-corrected chi connectivity index (χ2v) is 16.1. The maximum atomic E-state index is 15.7. The Bertz CT molecular complexity index is 1660. The lowest BCUT2D eigenvalue weighted by Gasteiger charge is -2.32. The first-order valence-electron chi connectivity index (χ1n) is 16.2. The lowest BCUT2D eigenvalue weighted by Crippen LogP contribution is -2.47. The van der Waals surface area contributed by atoms with E-state index in [1.54, 1.807) is 10.6 Å². The van der Waals surface area contributed by atoms with Crippen LogP contribution in [0, 0.1) is 11.2 Å². The van der Waals surface area contributed by atoms with Gasteiger partial charge in [-0.25, -0.2) is 26.4 Å². The van der Waals surface area contributed by atoms with E-state index in [1.807, 2.05) is 18.7 Å². The number of aromatic nitrogens is 1. The molecular formula is C32H43F3N6O5S. The van der Waals surface area contributed by atoms with Gasteiger partial charge in [-0.2, -0.15) is 0 Å². The fraction of sp³-hybridized carbons (Fsp3) is 0.625. The van der Waals surface area contributed by atoms with Crippen molar-refractivity contribution in [2.24, 2.45) is 11.1 Å². The topological polar surface area (TPSA) is 148 Å². The number of rotatable bonds is 8. The summed E-state index contributed by atoms with van der Waals surface area (Å²) in [5.74, 6) is -4.33. The molecule has 0 unspecified atom stereocenters. The van der Waals surface area contributed by atoms with Crippen LogP contribution in [0.5, 0.6) is 0 Å². The highest BCUT2D eigenvalue weighted by Gasteiger charge is 2.43. The molecule has 0 spiro atoms. The number of fused-ring (bicyclic) bond motifs is 3. The summed E-state index contributed by atoms with van der Waals surface area (Å²) in [6.45, 7) is 5.61. The Morgan fingerprint density at radius 2 is 1.72 bits per heavy atom. The fourth-order valence-electron chi connectivity index (χ4n) is 7.54. The summed E-state index contributed by atoms with van der Waals surface area (Å²) in [6, 6.07) is 2.34. The van der Waals surface area contributed by atoms with E-state index < -0.39 is 32.9 Å². The predicted octanol–water partition coefficient (Wildman–Crippen LogP) is 3.85. The van der Waals surface area contributed by atoms with Crippen LogP contribution >= 0.6 is 0 Å². The van der Waals surface area contributed by atoms with Gasteiger partial charge >= 0.3 is 6.03 Å². The SMILES string of the molecule is CC1(C)Cc2c(c3c(n2-c2cc(F)c(C(N)=O)c(N[C@H]4CC[C@H](NC(=O)NCCN5CCC(F)(F)CC5)CC4)c2)COC3)S(=O)(=O)C1. The average Bonchev–Trinajstić information content (AvgIpc) is 3.53. The minimum Gasteiger partial charge on any atom is -0.382 e. The number of hydrogen-bond acceptors (Lipinski definition) is 7. The standard InChI is InChI=1S/C32H43F3N6O5S/c1-31(2)15-25-28(47(44,45)18-31)22-16-46-17-26(22)41(25)21-13-23(33)27(29(36)42)24(14-21)38-19-3-5-20(6-4-19)39-30(43)37-9-12-40-10-7-32(34,35)8-11-40/h13-14,19-20,38H,3-12,15-18H2,1-2H3,(H2,36,42)(H2,37,39,43)/t19-,20-. The summed E-state index contributed by atoms with van der Waals surface area (Å²) in [5.41, 5.74) is 7.30. The highest BCUT2D eigenvalue weighted by molar-refractivity contribution is 7.91. The van der Waals surface area contributed by atoms with Crippen LogP contribution < -0.4 is 21.7 Å². The first kappa shape index (κ1) is 33.6. The number of nitrogens with one attached hydrogen (secondary N) is 3. The van der Waals surface area contributed by atoms with Crippen molar-refractivity contribution in [1.82, 2.24) is 20.1 Å². The molecule has 6 rings (SSSR count). The number of amides is 3. The van der Waals surface area contributed by atoms with Crippen LogP contribution in [-0.2, 0) is 34.2 Å². The number of carbonyl (C=O) groups is 2. The van der Waals surface area contributed by atoms with Crippen LogP contribution in [0.15, 0.2) is 17.0 Å². The molecule has 47 heavy (non-hydrogen) atoms. The third kappa shape index (κ3) is 7.12. The minimum atomic E-state index is -3.60. The van der Waals surface area contributed by atoms with E-state index in [-0.39, 0.29) is 66.1 Å². The first-order chi connectivity index (χ1) is 22.1. The Morgan fingerprint density at radius 1 is 1.04 bits per heavy atom. The molecule has 1 aromatic heterocycles. The first-order valence-corrected chi connectivity index (χ1v) is 17.9. The van der Waals surface area contributed by atoms with E-state index in [2.05, 4.69) is 16.0 Å². The van der Waals surface area contributed by atoms with Gasteiger partial charge in [0.15, 0.2) is 9.84 Å². The monoisotopic (exact) mass is 680 g/mol. The van der Waals surface area contributed by atoms with Gasteiger partial charge in [0.05, 0.1) is 46.5 Å². The number of nitrogens with zero attached hydrogens (tertiary/aromatic N) is 2. The zero-order chi connectivity index (χ0) is 33.7. The molecule has 2 aromatic rings. The Hall–Kier alpha value is -3.30. The predicted molar refractivity (Wildman–Crippen MR) is 169 cm³/mol. The Balaban J connectivity index is 1.13. The maximum Gasteiger partial charge on any atom is 0.315 e. The second kappa shape index (κ2) is 12.6. The minimum absolute atomic E-state index is 0.00672. The smallest absolute Gasteiger partial charge is 0.315 e. The summed E-state index contributed by atoms with van der Waals surface area (Å²) >= 11 is 0. The summed E-state index contributed by atoms with van der Waals surface area (Å²) in [7, 11) is -3.60. The molecule has 1 aromatic carbocycles. The molecule has 2 fully saturated rings. The Kier molecular flexibility index (Phi) is 9.02. The van der Waals surface area contributed by atoms with Gasteiger partial charge in [0.1, 0.15) is 5.82 Å². The third-order valence-electron chi connectivity index (χ3n) is 9.75. The van der Waals surface area contributed by atoms with Gasteiger partial charge in [-0.1, -0.05) is 13.8 Å². The molecular weight excluding hydrogens is 637 g/mol. The molecule has 15 heteroatoms. The zero-order valence-corrected chi connectivity index (χ0v) is 27.6. The highest BCUT2D eigenvalue weighted by atomic mass is 32.2. The molecule has 1 saturated carbocycles. The van der Waals surface area contributed by atoms with Crippen molar-refractivity contribution >= 4 is 27.5 Å². The zero-order valence-electron chi connectivity index (χ0n) is 26.8. The van der Waals surface area contributed by atoms with Crippen molar-refractivity contribution in [1.29, 1.82) is 0 Å². The molecule has 258 valence electrons. The molecule has 1 aliphatic carbocycles. The number of benzene rings is 1. The van der Waals surface area contributed by atoms with E-state index in [0.717, 1.165) is 0 Å². The number of halogens is 3. The second-order valence-electron chi connectivity index (χ2n) is 14.1. The number of alkyl halides is 2. The molecule has 0 bridgehead atoms. The van der Waals surface area contributed by atoms with E-state index in [9.17, 15) is 26.8 Å². The normalized spacial score (nSPS) is 24.6. The molecule has 11 nitrogen and oxygen atoms in total. The van der Waals surface area contributed by atoms with Gasteiger partial charge in [-0.3, -0.25) is 4.79 Å². The Labute approximate surface area is 272 Å². The fourth-order valence-corrected chi connectivity index (χ4v) is 9.89. The molecule has 0 atom stereocenters. The molecule has 3 amide bonds. The van der Waals surface area contributed by atoms with Crippen molar-refractivity contribution in [3.8, 4) is 5.69 Å². The van der Waals surface area contributed by atoms with E-state index >= 15 is 4.39 Å². The van der Waals surface area contributed by atoms with Gasteiger partial charge < -0.3 is 35.9 Å². The quantitative estimate of drug-likeness (QED) is 0.331. The van der Waals surface area contributed by atoms with Gasteiger partial charge in [0.25, 0.3) is 11.8 Å². The number of urea groups is 1. The molecule has 1 saturated heterocycles. The van der Waals surface area contributed by atoms with Crippen molar-refractivity contribution in [2.45, 2.75) is 94.9 Å². The number of piperidine rings is 1. The summed E-state index contributed by atoms with van der Waals surface area (Å²) in [4.78, 5) is 27.1. The molecule has 4 aliphatic rings. The number of ether oxygens (including phenoxy) is 1. The van der Waals surface area contributed by atoms with Gasteiger partial charge in [-0.15, -0.1) is 0 Å². The third-order valence-corrected chi connectivity index (χ3v) is 12.0. The lowest BCUT2D eigenvalue weighted by atomic mass is 9.89. The summed E-state index contributed by atoms with van der Waals surface area (Å²) in [6.07, 6.45) is 2.69. The Morgan fingerprint density at radius 3 is 2.40 bits per heavy atom. The van der Waals surface area contributed by atoms with Gasteiger partial charge in [0, 0.05) is 62.4 Å². The van der Waals surface area contributed by atoms with E-state index in [4.69, 9.17) is 10.5 Å². The van der Waals surface area contributed by atoms with Crippen molar-refractivity contribution in [2.75, 3.05) is 37.2 Å². The van der Waals surface area contributed by atoms with Crippen LogP contribution in [0.3, 0.4) is 0 Å². The van der Waals surface area contributed by atoms with Crippen molar-refractivity contribution in [3.63, 3.8) is 0 Å². The number of primary amides is 1. The van der Waals surface area contributed by atoms with Crippen molar-refractivity contribution < 1.29 is 35.9 Å². The van der Waals surface area contributed by atoms with Crippen LogP contribution in [0.2, 0.25) is 0 Å². The number of sulfone groups is 1. The number of carbonyl (C=O) groups excluding carboxylic acids is 2. The molecule has 5 N–H and O–H groups in total. The molecule has 0 radical (unpaired) electrons. The van der Waals surface area contributed by atoms with Crippen LogP contribution in [0.25, 0.3) is 5.69 Å². The highest BCUT2D eigenvalue weighted by Crippen LogP contribution is 2.44. The maximum absolute atomic E-state index is 15.7. The molecule has 3 aliphatic heterocycles. The van der Waals surface area contributed by atoms with Crippen LogP contribution in [-0.4, -0.2) is 79.8 Å². The lowest BCUT2D eigenvalue weighted by molar-refractivity contribution is -0.0546. The van der Waals surface area contributed by atoms with Gasteiger partial charge in [0.2, 0.25) is 0 Å². The van der Waals surface area contributed by atoms with Crippen LogP contribution in [0.4, 0.5) is 23.7 Å². The number of hydrogen-bond donors (Lipinski definition) is 4. The van der Waals surface area contributed by atoms with Crippen LogP contribution in [0.1, 0.15) is 79.7 Å². The number of anilines is 1. The molecule has 4 heterocycles. The van der Waals surface area contributed by atoms with Gasteiger partial charge in [-0.05, 0) is 49.7 Å². The van der Waals surface area contributed by atoms with E-state index in [1.165, 1.54) is 6.07 Å². The largest absolute Gasteiger partial charge is 0.382 e. The summed E-state index contributed by atoms with van der Waals surface area (Å²) in [5, 5.41) is 9.09. The summed E-state index contributed by atoms with van der Waals surface area (Å²) < 4.78 is 76.6. The van der Waals surface area contributed by atoms with Crippen molar-refractivity contribution in [3.05, 3.63) is 40.5 Å². The average molecular weight is 681 g/mol. The number of likely N-dealkylation sites (tertiary alicyclic amines) is 1. The number of nitrogens with two attached hydrogens (primary N) is 1.